The second-order valence-electron chi connectivity index (χ2n) is 4.00. The molecule has 0 spiro atoms. The molecule has 0 heterocycles. The third kappa shape index (κ3) is 3.90. The molecule has 4 nitrogen and oxygen atoms in total. The van der Waals surface area contributed by atoms with Gasteiger partial charge in [-0.3, -0.25) is 4.79 Å². The number of nitrogens with one attached hydrogen (secondary N) is 1. The van der Waals surface area contributed by atoms with Gasteiger partial charge in [0.25, 0.3) is 5.91 Å². The van der Waals surface area contributed by atoms with Crippen LogP contribution < -0.4 is 5.32 Å². The lowest BCUT2D eigenvalue weighted by atomic mass is 10.1. The first-order valence-corrected chi connectivity index (χ1v) is 5.67. The maximum absolute atomic E-state index is 11.7. The molecule has 0 fully saturated rings. The molecule has 0 radical (unpaired) electrons. The fraction of sp³-hybridized carbons (Fsp3) is 0.385. The molecular formula is C13H17NO3. The SMILES string of the molecule is CCCCNC(=O)c1cc(C)cc(C(=O)O)c1. The summed E-state index contributed by atoms with van der Waals surface area (Å²) in [6, 6.07) is 4.63. The maximum Gasteiger partial charge on any atom is 0.335 e. The summed E-state index contributed by atoms with van der Waals surface area (Å²) >= 11 is 0. The van der Waals surface area contributed by atoms with E-state index in [-0.39, 0.29) is 11.5 Å². The van der Waals surface area contributed by atoms with Crippen LogP contribution in [0.15, 0.2) is 18.2 Å². The first-order valence-electron chi connectivity index (χ1n) is 5.67. The zero-order chi connectivity index (χ0) is 12.8. The minimum absolute atomic E-state index is 0.144. The first kappa shape index (κ1) is 13.2. The highest BCUT2D eigenvalue weighted by atomic mass is 16.4. The zero-order valence-corrected chi connectivity index (χ0v) is 10.1. The predicted molar refractivity (Wildman–Crippen MR) is 65.4 cm³/mol. The van der Waals surface area contributed by atoms with Crippen molar-refractivity contribution in [2.45, 2.75) is 26.7 Å². The first-order chi connectivity index (χ1) is 8.04. The number of carboxylic acids is 1. The van der Waals surface area contributed by atoms with Crippen molar-refractivity contribution in [3.05, 3.63) is 34.9 Å². The predicted octanol–water partition coefficient (Wildman–Crippen LogP) is 2.22. The van der Waals surface area contributed by atoms with Gasteiger partial charge in [0.15, 0.2) is 0 Å². The van der Waals surface area contributed by atoms with Crippen LogP contribution in [0.1, 0.15) is 46.0 Å². The van der Waals surface area contributed by atoms with Gasteiger partial charge in [-0.05, 0) is 37.1 Å². The van der Waals surface area contributed by atoms with Crippen molar-refractivity contribution in [2.24, 2.45) is 0 Å². The van der Waals surface area contributed by atoms with Crippen LogP contribution in [0.25, 0.3) is 0 Å². The van der Waals surface area contributed by atoms with Gasteiger partial charge < -0.3 is 10.4 Å². The number of benzene rings is 1. The molecule has 0 bridgehead atoms. The average molecular weight is 235 g/mol. The largest absolute Gasteiger partial charge is 0.478 e. The van der Waals surface area contributed by atoms with Crippen LogP contribution in [0.5, 0.6) is 0 Å². The van der Waals surface area contributed by atoms with E-state index in [1.54, 1.807) is 19.1 Å². The number of carbonyl (C=O) groups excluding carboxylic acids is 1. The minimum atomic E-state index is -1.02. The van der Waals surface area contributed by atoms with E-state index < -0.39 is 5.97 Å². The molecule has 1 amide bonds. The van der Waals surface area contributed by atoms with Crippen molar-refractivity contribution in [3.8, 4) is 0 Å². The number of hydrogen-bond acceptors (Lipinski definition) is 2. The van der Waals surface area contributed by atoms with Crippen LogP contribution in [-0.2, 0) is 0 Å². The van der Waals surface area contributed by atoms with Crippen molar-refractivity contribution in [2.75, 3.05) is 6.54 Å². The Morgan fingerprint density at radius 3 is 2.47 bits per heavy atom. The highest BCUT2D eigenvalue weighted by Crippen LogP contribution is 2.10. The second-order valence-corrected chi connectivity index (χ2v) is 4.00. The normalized spacial score (nSPS) is 10.0. The molecule has 0 aliphatic heterocycles. The van der Waals surface area contributed by atoms with Crippen molar-refractivity contribution < 1.29 is 14.7 Å². The van der Waals surface area contributed by atoms with Gasteiger partial charge in [0.2, 0.25) is 0 Å². The van der Waals surface area contributed by atoms with Gasteiger partial charge >= 0.3 is 5.97 Å². The Morgan fingerprint density at radius 1 is 1.24 bits per heavy atom. The molecule has 0 atom stereocenters. The quantitative estimate of drug-likeness (QED) is 0.769. The lowest BCUT2D eigenvalue weighted by Gasteiger charge is -2.06. The van der Waals surface area contributed by atoms with E-state index in [1.807, 2.05) is 6.92 Å². The van der Waals surface area contributed by atoms with Crippen LogP contribution in [0, 0.1) is 6.92 Å². The summed E-state index contributed by atoms with van der Waals surface area (Å²) in [4.78, 5) is 22.6. The highest BCUT2D eigenvalue weighted by Gasteiger charge is 2.10. The van der Waals surface area contributed by atoms with E-state index in [0.29, 0.717) is 12.1 Å². The Hall–Kier alpha value is -1.84. The molecule has 0 saturated carbocycles. The minimum Gasteiger partial charge on any atom is -0.478 e. The van der Waals surface area contributed by atoms with Gasteiger partial charge in [-0.2, -0.15) is 0 Å². The highest BCUT2D eigenvalue weighted by molar-refractivity contribution is 5.97. The summed E-state index contributed by atoms with van der Waals surface area (Å²) < 4.78 is 0. The topological polar surface area (TPSA) is 66.4 Å². The lowest BCUT2D eigenvalue weighted by molar-refractivity contribution is 0.0696. The van der Waals surface area contributed by atoms with E-state index in [4.69, 9.17) is 5.11 Å². The van der Waals surface area contributed by atoms with E-state index in [0.717, 1.165) is 18.4 Å². The van der Waals surface area contributed by atoms with Crippen molar-refractivity contribution in [3.63, 3.8) is 0 Å². The van der Waals surface area contributed by atoms with Gasteiger partial charge in [-0.25, -0.2) is 4.79 Å². The number of rotatable bonds is 5. The zero-order valence-electron chi connectivity index (χ0n) is 10.1. The van der Waals surface area contributed by atoms with Crippen LogP contribution >= 0.6 is 0 Å². The molecule has 0 aliphatic rings. The fourth-order valence-electron chi connectivity index (χ4n) is 1.52. The molecule has 2 N–H and O–H groups in total. The van der Waals surface area contributed by atoms with Crippen LogP contribution in [0.3, 0.4) is 0 Å². The van der Waals surface area contributed by atoms with Crippen molar-refractivity contribution in [1.82, 2.24) is 5.32 Å². The molecule has 92 valence electrons. The van der Waals surface area contributed by atoms with Gasteiger partial charge in [0.1, 0.15) is 0 Å². The van der Waals surface area contributed by atoms with Crippen LogP contribution in [0.2, 0.25) is 0 Å². The Kier molecular flexibility index (Phi) is 4.69. The number of hydrogen-bond donors (Lipinski definition) is 2. The van der Waals surface area contributed by atoms with Crippen LogP contribution in [-0.4, -0.2) is 23.5 Å². The molecule has 1 aromatic carbocycles. The number of carboxylic acid groups (broad SMARTS) is 1. The molecule has 0 aliphatic carbocycles. The second kappa shape index (κ2) is 6.03. The summed E-state index contributed by atoms with van der Waals surface area (Å²) in [6.45, 7) is 4.43. The Labute approximate surface area is 101 Å². The third-order valence-electron chi connectivity index (χ3n) is 2.40. The van der Waals surface area contributed by atoms with Crippen molar-refractivity contribution >= 4 is 11.9 Å². The smallest absolute Gasteiger partial charge is 0.335 e. The van der Waals surface area contributed by atoms with E-state index in [9.17, 15) is 9.59 Å². The number of amides is 1. The molecule has 17 heavy (non-hydrogen) atoms. The molecule has 1 aromatic rings. The fourth-order valence-corrected chi connectivity index (χ4v) is 1.52. The van der Waals surface area contributed by atoms with Crippen molar-refractivity contribution in [1.29, 1.82) is 0 Å². The summed E-state index contributed by atoms with van der Waals surface area (Å²) in [6.07, 6.45) is 1.93. The standard InChI is InChI=1S/C13H17NO3/c1-3-4-5-14-12(15)10-6-9(2)7-11(8-10)13(16)17/h6-8H,3-5H2,1-2H3,(H,14,15)(H,16,17). The van der Waals surface area contributed by atoms with E-state index in [2.05, 4.69) is 5.32 Å². The lowest BCUT2D eigenvalue weighted by Crippen LogP contribution is -2.24. The molecule has 0 unspecified atom stereocenters. The third-order valence-corrected chi connectivity index (χ3v) is 2.40. The van der Waals surface area contributed by atoms with E-state index >= 15 is 0 Å². The molecule has 4 heteroatoms. The molecule has 0 aromatic heterocycles. The summed E-state index contributed by atoms with van der Waals surface area (Å²) in [5, 5.41) is 11.7. The number of unbranched alkanes of at least 4 members (excludes halogenated alkanes) is 1. The van der Waals surface area contributed by atoms with Gasteiger partial charge in [0.05, 0.1) is 5.56 Å². The number of aryl methyl sites for hydroxylation is 1. The molecule has 1 rings (SSSR count). The Morgan fingerprint density at radius 2 is 1.88 bits per heavy atom. The monoisotopic (exact) mass is 235 g/mol. The number of aromatic carboxylic acids is 1. The Bertz CT molecular complexity index is 427. The Balaban J connectivity index is 2.82. The van der Waals surface area contributed by atoms with Gasteiger partial charge in [-0.15, -0.1) is 0 Å². The van der Waals surface area contributed by atoms with Gasteiger partial charge in [-0.1, -0.05) is 13.3 Å². The van der Waals surface area contributed by atoms with E-state index in [1.165, 1.54) is 6.07 Å². The summed E-state index contributed by atoms with van der Waals surface area (Å²) in [5.74, 6) is -1.24. The number of carbonyl (C=O) groups is 2. The van der Waals surface area contributed by atoms with Crippen LogP contribution in [0.4, 0.5) is 0 Å². The van der Waals surface area contributed by atoms with Gasteiger partial charge in [0, 0.05) is 12.1 Å². The maximum atomic E-state index is 11.7. The molecular weight excluding hydrogens is 218 g/mol. The summed E-state index contributed by atoms with van der Waals surface area (Å²) in [5.41, 5.74) is 1.31. The summed E-state index contributed by atoms with van der Waals surface area (Å²) in [7, 11) is 0. The average Bonchev–Trinajstić information content (AvgIpc) is 2.28. The molecule has 0 saturated heterocycles.